The first-order valence-electron chi connectivity index (χ1n) is 8.23. The van der Waals surface area contributed by atoms with Gasteiger partial charge in [0.2, 0.25) is 0 Å². The normalized spacial score (nSPS) is 12.0. The number of aryl methyl sites for hydroxylation is 1. The molecule has 0 fully saturated rings. The summed E-state index contributed by atoms with van der Waals surface area (Å²) in [4.78, 5) is 12.4. The molecule has 1 atom stereocenters. The smallest absolute Gasteiger partial charge is 0.321 e. The van der Waals surface area contributed by atoms with Gasteiger partial charge in [0.25, 0.3) is 0 Å². The Morgan fingerprint density at radius 3 is 2.54 bits per heavy atom. The van der Waals surface area contributed by atoms with Crippen molar-refractivity contribution in [3.05, 3.63) is 83.8 Å². The maximum absolute atomic E-state index is 12.4. The summed E-state index contributed by atoms with van der Waals surface area (Å²) < 4.78 is 10.9. The van der Waals surface area contributed by atoms with Crippen LogP contribution in [0.5, 0.6) is 0 Å². The minimum Gasteiger partial charge on any atom is -0.459 e. The second-order valence-corrected chi connectivity index (χ2v) is 5.95. The van der Waals surface area contributed by atoms with Crippen LogP contribution in [-0.2, 0) is 0 Å². The zero-order chi connectivity index (χ0) is 17.9. The van der Waals surface area contributed by atoms with E-state index in [1.165, 1.54) is 0 Å². The quantitative estimate of drug-likeness (QED) is 0.563. The molecule has 0 saturated heterocycles. The number of carbonyl (C=O) groups is 1. The Balaban J connectivity index is 1.63. The van der Waals surface area contributed by atoms with Crippen LogP contribution in [0.1, 0.15) is 23.1 Å². The lowest BCUT2D eigenvalue weighted by molar-refractivity contribution is 0.248. The van der Waals surface area contributed by atoms with Crippen molar-refractivity contribution in [2.45, 2.75) is 13.0 Å². The van der Waals surface area contributed by atoms with E-state index in [1.54, 1.807) is 13.0 Å². The molecule has 6 heteroatoms. The maximum atomic E-state index is 12.4. The molecule has 2 heterocycles. The van der Waals surface area contributed by atoms with Gasteiger partial charge in [0.05, 0.1) is 0 Å². The van der Waals surface area contributed by atoms with E-state index in [2.05, 4.69) is 15.8 Å². The molecule has 2 aromatic carbocycles. The van der Waals surface area contributed by atoms with Crippen molar-refractivity contribution in [1.29, 1.82) is 0 Å². The second-order valence-electron chi connectivity index (χ2n) is 5.95. The van der Waals surface area contributed by atoms with Gasteiger partial charge in [-0.05, 0) is 24.6 Å². The van der Waals surface area contributed by atoms with E-state index in [1.807, 2.05) is 60.7 Å². The predicted molar refractivity (Wildman–Crippen MR) is 97.9 cm³/mol. The van der Waals surface area contributed by atoms with Gasteiger partial charge in [-0.15, -0.1) is 0 Å². The molecule has 4 rings (SSSR count). The van der Waals surface area contributed by atoms with Crippen LogP contribution in [0.3, 0.4) is 0 Å². The van der Waals surface area contributed by atoms with E-state index in [-0.39, 0.29) is 0 Å². The fourth-order valence-corrected chi connectivity index (χ4v) is 2.82. The van der Waals surface area contributed by atoms with Gasteiger partial charge in [-0.25, -0.2) is 4.79 Å². The Morgan fingerprint density at radius 2 is 1.81 bits per heavy atom. The molecule has 2 amide bonds. The number of aromatic nitrogens is 1. The highest BCUT2D eigenvalue weighted by Gasteiger charge is 2.21. The standard InChI is InChI=1S/C20H17N3O3/c1-13-11-18(23-26-13)21-20(24)22-19(14-7-3-2-4-8-14)17-12-15-9-5-6-10-16(15)25-17/h2-12,19H,1H3,(H2,21,22,23,24). The fraction of sp³-hybridized carbons (Fsp3) is 0.100. The zero-order valence-electron chi connectivity index (χ0n) is 14.1. The SMILES string of the molecule is Cc1cc(NC(=O)NC(c2ccccc2)c2cc3ccccc3o2)no1. The largest absolute Gasteiger partial charge is 0.459 e. The summed E-state index contributed by atoms with van der Waals surface area (Å²) in [6.45, 7) is 1.76. The van der Waals surface area contributed by atoms with Gasteiger partial charge in [-0.3, -0.25) is 5.32 Å². The van der Waals surface area contributed by atoms with E-state index < -0.39 is 12.1 Å². The van der Waals surface area contributed by atoms with Crippen LogP contribution < -0.4 is 10.6 Å². The third kappa shape index (κ3) is 3.30. The Labute approximate surface area is 149 Å². The third-order valence-electron chi connectivity index (χ3n) is 4.01. The molecule has 130 valence electrons. The first-order chi connectivity index (χ1) is 12.7. The lowest BCUT2D eigenvalue weighted by Gasteiger charge is -2.17. The van der Waals surface area contributed by atoms with Gasteiger partial charge in [0.15, 0.2) is 5.82 Å². The number of furan rings is 1. The summed E-state index contributed by atoms with van der Waals surface area (Å²) >= 11 is 0. The number of anilines is 1. The summed E-state index contributed by atoms with van der Waals surface area (Å²) in [5.74, 6) is 1.64. The second kappa shape index (κ2) is 6.76. The first-order valence-corrected chi connectivity index (χ1v) is 8.23. The average molecular weight is 347 g/mol. The Bertz CT molecular complexity index is 1000. The minimum atomic E-state index is -0.434. The van der Waals surface area contributed by atoms with E-state index in [4.69, 9.17) is 8.94 Å². The predicted octanol–water partition coefficient (Wildman–Crippen LogP) is 4.64. The van der Waals surface area contributed by atoms with Crippen LogP contribution in [0.4, 0.5) is 10.6 Å². The van der Waals surface area contributed by atoms with Gasteiger partial charge in [-0.1, -0.05) is 53.7 Å². The van der Waals surface area contributed by atoms with E-state index in [9.17, 15) is 4.79 Å². The summed E-state index contributed by atoms with van der Waals surface area (Å²) in [5.41, 5.74) is 1.69. The molecule has 0 spiro atoms. The number of nitrogens with zero attached hydrogens (tertiary/aromatic N) is 1. The Kier molecular flexibility index (Phi) is 4.15. The molecule has 1 unspecified atom stereocenters. The van der Waals surface area contributed by atoms with E-state index >= 15 is 0 Å². The number of hydrogen-bond acceptors (Lipinski definition) is 4. The number of urea groups is 1. The molecule has 0 aliphatic rings. The van der Waals surface area contributed by atoms with Crippen molar-refractivity contribution < 1.29 is 13.7 Å². The van der Waals surface area contributed by atoms with Crippen LogP contribution in [-0.4, -0.2) is 11.2 Å². The maximum Gasteiger partial charge on any atom is 0.321 e. The molecule has 0 bridgehead atoms. The molecule has 0 aliphatic heterocycles. The van der Waals surface area contributed by atoms with Crippen molar-refractivity contribution in [1.82, 2.24) is 10.5 Å². The van der Waals surface area contributed by atoms with Crippen molar-refractivity contribution in [2.24, 2.45) is 0 Å². The van der Waals surface area contributed by atoms with E-state index in [0.717, 1.165) is 16.5 Å². The summed E-state index contributed by atoms with van der Waals surface area (Å²) in [5, 5.41) is 10.4. The Morgan fingerprint density at radius 1 is 1.04 bits per heavy atom. The lowest BCUT2D eigenvalue weighted by Crippen LogP contribution is -2.33. The number of fused-ring (bicyclic) bond motifs is 1. The summed E-state index contributed by atoms with van der Waals surface area (Å²) in [6.07, 6.45) is 0. The summed E-state index contributed by atoms with van der Waals surface area (Å²) in [6, 6.07) is 20.2. The van der Waals surface area contributed by atoms with Crippen LogP contribution in [0.2, 0.25) is 0 Å². The number of carbonyl (C=O) groups excluding carboxylic acids is 1. The molecule has 6 nitrogen and oxygen atoms in total. The van der Waals surface area contributed by atoms with E-state index in [0.29, 0.717) is 17.3 Å². The zero-order valence-corrected chi connectivity index (χ0v) is 14.1. The van der Waals surface area contributed by atoms with Crippen LogP contribution in [0.25, 0.3) is 11.0 Å². The van der Waals surface area contributed by atoms with Crippen molar-refractivity contribution in [3.8, 4) is 0 Å². The number of hydrogen-bond donors (Lipinski definition) is 2. The topological polar surface area (TPSA) is 80.3 Å². The molecule has 26 heavy (non-hydrogen) atoms. The molecule has 2 aromatic heterocycles. The van der Waals surface area contributed by atoms with Crippen molar-refractivity contribution >= 4 is 22.8 Å². The van der Waals surface area contributed by atoms with Crippen molar-refractivity contribution in [2.75, 3.05) is 5.32 Å². The highest BCUT2D eigenvalue weighted by molar-refractivity contribution is 5.89. The van der Waals surface area contributed by atoms with Gasteiger partial charge in [0, 0.05) is 11.5 Å². The van der Waals surface area contributed by atoms with Crippen LogP contribution >= 0.6 is 0 Å². The average Bonchev–Trinajstić information content (AvgIpc) is 3.26. The van der Waals surface area contributed by atoms with Gasteiger partial charge in [0.1, 0.15) is 23.1 Å². The van der Waals surface area contributed by atoms with Gasteiger partial charge < -0.3 is 14.3 Å². The van der Waals surface area contributed by atoms with Crippen molar-refractivity contribution in [3.63, 3.8) is 0 Å². The third-order valence-corrected chi connectivity index (χ3v) is 4.01. The van der Waals surface area contributed by atoms with Gasteiger partial charge >= 0.3 is 6.03 Å². The molecule has 2 N–H and O–H groups in total. The molecular weight excluding hydrogens is 330 g/mol. The Hall–Kier alpha value is -3.54. The number of benzene rings is 2. The molecule has 4 aromatic rings. The molecule has 0 radical (unpaired) electrons. The number of rotatable bonds is 4. The highest BCUT2D eigenvalue weighted by atomic mass is 16.5. The minimum absolute atomic E-state index is 0.358. The van der Waals surface area contributed by atoms with Crippen LogP contribution in [0, 0.1) is 6.92 Å². The molecular formula is C20H17N3O3. The molecule has 0 aliphatic carbocycles. The number of nitrogens with one attached hydrogen (secondary N) is 2. The number of amides is 2. The fourth-order valence-electron chi connectivity index (χ4n) is 2.82. The van der Waals surface area contributed by atoms with Crippen LogP contribution in [0.15, 0.2) is 75.7 Å². The molecule has 0 saturated carbocycles. The summed E-state index contributed by atoms with van der Waals surface area (Å²) in [7, 11) is 0. The monoisotopic (exact) mass is 347 g/mol. The van der Waals surface area contributed by atoms with Gasteiger partial charge in [-0.2, -0.15) is 0 Å². The number of para-hydroxylation sites is 1. The highest BCUT2D eigenvalue weighted by Crippen LogP contribution is 2.28. The lowest BCUT2D eigenvalue weighted by atomic mass is 10.0. The first kappa shape index (κ1) is 16.0.